The zero-order valence-corrected chi connectivity index (χ0v) is 12.7. The SMILES string of the molecule is CC(C)c1c(N)ncnc1N(C)Cc1ccccc1Cl. The maximum absolute atomic E-state index is 6.21. The van der Waals surface area contributed by atoms with Gasteiger partial charge in [0.25, 0.3) is 0 Å². The molecule has 1 aromatic heterocycles. The van der Waals surface area contributed by atoms with Crippen LogP contribution in [0.25, 0.3) is 0 Å². The van der Waals surface area contributed by atoms with Crippen LogP contribution in [-0.2, 0) is 6.54 Å². The molecule has 2 aromatic rings. The average Bonchev–Trinajstić information content (AvgIpc) is 2.40. The minimum absolute atomic E-state index is 0.264. The van der Waals surface area contributed by atoms with Crippen molar-refractivity contribution in [2.45, 2.75) is 26.3 Å². The van der Waals surface area contributed by atoms with Crippen molar-refractivity contribution in [3.05, 3.63) is 46.7 Å². The van der Waals surface area contributed by atoms with Gasteiger partial charge in [0.2, 0.25) is 0 Å². The molecule has 0 spiro atoms. The molecule has 0 aliphatic carbocycles. The molecule has 5 heteroatoms. The largest absolute Gasteiger partial charge is 0.383 e. The third kappa shape index (κ3) is 3.02. The Morgan fingerprint density at radius 1 is 1.25 bits per heavy atom. The molecule has 1 aromatic carbocycles. The molecule has 0 unspecified atom stereocenters. The van der Waals surface area contributed by atoms with Gasteiger partial charge in [0.1, 0.15) is 18.0 Å². The first-order valence-corrected chi connectivity index (χ1v) is 6.93. The Bertz CT molecular complexity index is 598. The van der Waals surface area contributed by atoms with E-state index in [1.165, 1.54) is 6.33 Å². The number of aromatic nitrogens is 2. The van der Waals surface area contributed by atoms with Crippen molar-refractivity contribution in [3.8, 4) is 0 Å². The van der Waals surface area contributed by atoms with Crippen molar-refractivity contribution >= 4 is 23.2 Å². The van der Waals surface area contributed by atoms with E-state index in [1.54, 1.807) is 0 Å². The molecule has 0 amide bonds. The van der Waals surface area contributed by atoms with Crippen LogP contribution < -0.4 is 10.6 Å². The predicted molar refractivity (Wildman–Crippen MR) is 84.1 cm³/mol. The van der Waals surface area contributed by atoms with E-state index >= 15 is 0 Å². The summed E-state index contributed by atoms with van der Waals surface area (Å²) in [6.45, 7) is 4.85. The number of nitrogens with zero attached hydrogens (tertiary/aromatic N) is 3. The lowest BCUT2D eigenvalue weighted by atomic mass is 10.0. The van der Waals surface area contributed by atoms with Crippen LogP contribution in [0.2, 0.25) is 5.02 Å². The first kappa shape index (κ1) is 14.6. The van der Waals surface area contributed by atoms with Gasteiger partial charge in [0, 0.05) is 24.2 Å². The van der Waals surface area contributed by atoms with Crippen LogP contribution in [0.15, 0.2) is 30.6 Å². The summed E-state index contributed by atoms with van der Waals surface area (Å²) in [4.78, 5) is 10.5. The van der Waals surface area contributed by atoms with E-state index in [9.17, 15) is 0 Å². The lowest BCUT2D eigenvalue weighted by Crippen LogP contribution is -2.21. The highest BCUT2D eigenvalue weighted by molar-refractivity contribution is 6.31. The highest BCUT2D eigenvalue weighted by Gasteiger charge is 2.16. The van der Waals surface area contributed by atoms with Gasteiger partial charge in [-0.1, -0.05) is 43.6 Å². The van der Waals surface area contributed by atoms with E-state index in [0.717, 1.165) is 22.0 Å². The summed E-state index contributed by atoms with van der Waals surface area (Å²) in [5.74, 6) is 1.66. The number of hydrogen-bond donors (Lipinski definition) is 1. The first-order valence-electron chi connectivity index (χ1n) is 6.55. The summed E-state index contributed by atoms with van der Waals surface area (Å²) in [5, 5.41) is 0.757. The van der Waals surface area contributed by atoms with Crippen LogP contribution in [0.3, 0.4) is 0 Å². The van der Waals surface area contributed by atoms with Crippen LogP contribution in [0, 0.1) is 0 Å². The Labute approximate surface area is 124 Å². The zero-order valence-electron chi connectivity index (χ0n) is 12.0. The first-order chi connectivity index (χ1) is 9.50. The van der Waals surface area contributed by atoms with Crippen LogP contribution in [-0.4, -0.2) is 17.0 Å². The molecule has 4 nitrogen and oxygen atoms in total. The van der Waals surface area contributed by atoms with E-state index in [1.807, 2.05) is 31.3 Å². The second-order valence-corrected chi connectivity index (χ2v) is 5.51. The second kappa shape index (κ2) is 6.09. The fourth-order valence-electron chi connectivity index (χ4n) is 2.21. The molecular weight excluding hydrogens is 272 g/mol. The normalized spacial score (nSPS) is 10.8. The number of nitrogen functional groups attached to an aromatic ring is 1. The highest BCUT2D eigenvalue weighted by atomic mass is 35.5. The molecular formula is C15H19ClN4. The number of nitrogens with two attached hydrogens (primary N) is 1. The molecule has 106 valence electrons. The molecule has 0 saturated carbocycles. The monoisotopic (exact) mass is 290 g/mol. The third-order valence-corrected chi connectivity index (χ3v) is 3.57. The van der Waals surface area contributed by atoms with Gasteiger partial charge in [-0.25, -0.2) is 9.97 Å². The van der Waals surface area contributed by atoms with Gasteiger partial charge in [-0.05, 0) is 17.5 Å². The van der Waals surface area contributed by atoms with E-state index in [4.69, 9.17) is 17.3 Å². The molecule has 20 heavy (non-hydrogen) atoms. The molecule has 0 radical (unpaired) electrons. The van der Waals surface area contributed by atoms with Gasteiger partial charge in [-0.3, -0.25) is 0 Å². The Hall–Kier alpha value is -1.81. The lowest BCUT2D eigenvalue weighted by Gasteiger charge is -2.23. The average molecular weight is 291 g/mol. The van der Waals surface area contributed by atoms with Crippen molar-refractivity contribution in [1.82, 2.24) is 9.97 Å². The molecule has 0 atom stereocenters. The fraction of sp³-hybridized carbons (Fsp3) is 0.333. The van der Waals surface area contributed by atoms with Crippen LogP contribution in [0.5, 0.6) is 0 Å². The van der Waals surface area contributed by atoms with E-state index in [-0.39, 0.29) is 5.92 Å². The van der Waals surface area contributed by atoms with E-state index < -0.39 is 0 Å². The van der Waals surface area contributed by atoms with Crippen molar-refractivity contribution in [2.75, 3.05) is 17.7 Å². The van der Waals surface area contributed by atoms with Gasteiger partial charge in [-0.15, -0.1) is 0 Å². The third-order valence-electron chi connectivity index (χ3n) is 3.20. The maximum Gasteiger partial charge on any atom is 0.137 e. The lowest BCUT2D eigenvalue weighted by molar-refractivity contribution is 0.812. The van der Waals surface area contributed by atoms with Crippen molar-refractivity contribution in [2.24, 2.45) is 0 Å². The summed E-state index contributed by atoms with van der Waals surface area (Å²) in [6, 6.07) is 7.81. The van der Waals surface area contributed by atoms with Crippen molar-refractivity contribution in [3.63, 3.8) is 0 Å². The Balaban J connectivity index is 2.33. The predicted octanol–water partition coefficient (Wildman–Crippen LogP) is 3.47. The molecule has 1 heterocycles. The van der Waals surface area contributed by atoms with Crippen LogP contribution >= 0.6 is 11.6 Å². The van der Waals surface area contributed by atoms with Gasteiger partial charge < -0.3 is 10.6 Å². The standard InChI is InChI=1S/C15H19ClN4/c1-10(2)13-14(17)18-9-19-15(13)20(3)8-11-6-4-5-7-12(11)16/h4-7,9-10H,8H2,1-3H3,(H2,17,18,19). The highest BCUT2D eigenvalue weighted by Crippen LogP contribution is 2.29. The van der Waals surface area contributed by atoms with E-state index in [2.05, 4.69) is 28.7 Å². The van der Waals surface area contributed by atoms with Crippen molar-refractivity contribution in [1.29, 1.82) is 0 Å². The maximum atomic E-state index is 6.21. The molecule has 0 fully saturated rings. The topological polar surface area (TPSA) is 55.0 Å². The number of hydrogen-bond acceptors (Lipinski definition) is 4. The smallest absolute Gasteiger partial charge is 0.137 e. The number of anilines is 2. The van der Waals surface area contributed by atoms with Crippen molar-refractivity contribution < 1.29 is 0 Å². The Morgan fingerprint density at radius 3 is 2.60 bits per heavy atom. The number of benzene rings is 1. The molecule has 0 aliphatic heterocycles. The van der Waals surface area contributed by atoms with Gasteiger partial charge in [0.05, 0.1) is 0 Å². The second-order valence-electron chi connectivity index (χ2n) is 5.10. The summed E-state index contributed by atoms with van der Waals surface area (Å²) < 4.78 is 0. The molecule has 2 N–H and O–H groups in total. The molecule has 0 aliphatic rings. The molecule has 0 bridgehead atoms. The quantitative estimate of drug-likeness (QED) is 0.937. The minimum atomic E-state index is 0.264. The molecule has 0 saturated heterocycles. The van der Waals surface area contributed by atoms with Gasteiger partial charge in [0.15, 0.2) is 0 Å². The number of rotatable bonds is 4. The summed E-state index contributed by atoms with van der Waals surface area (Å²) in [7, 11) is 1.98. The zero-order chi connectivity index (χ0) is 14.7. The van der Waals surface area contributed by atoms with Gasteiger partial charge in [-0.2, -0.15) is 0 Å². The van der Waals surface area contributed by atoms with Crippen LogP contribution in [0.4, 0.5) is 11.6 Å². The summed E-state index contributed by atoms with van der Waals surface area (Å²) in [5.41, 5.74) is 8.01. The minimum Gasteiger partial charge on any atom is -0.383 e. The van der Waals surface area contributed by atoms with Crippen LogP contribution in [0.1, 0.15) is 30.9 Å². The molecule has 2 rings (SSSR count). The summed E-state index contributed by atoms with van der Waals surface area (Å²) >= 11 is 6.21. The Morgan fingerprint density at radius 2 is 1.95 bits per heavy atom. The number of halogens is 1. The fourth-order valence-corrected chi connectivity index (χ4v) is 2.41. The Kier molecular flexibility index (Phi) is 4.45. The summed E-state index contributed by atoms with van der Waals surface area (Å²) in [6.07, 6.45) is 1.50. The van der Waals surface area contributed by atoms with Gasteiger partial charge >= 0.3 is 0 Å². The van der Waals surface area contributed by atoms with E-state index in [0.29, 0.717) is 12.4 Å².